The number of aromatic nitrogens is 2. The monoisotopic (exact) mass is 599 g/mol. The number of fused-ring (bicyclic) bond motifs is 1. The Bertz CT molecular complexity index is 1860. The van der Waals surface area contributed by atoms with Crippen LogP contribution in [0.25, 0.3) is 28.0 Å². The number of carbonyl (C=O) groups excluding carboxylic acids is 1. The van der Waals surface area contributed by atoms with Gasteiger partial charge in [0, 0.05) is 62.2 Å². The van der Waals surface area contributed by atoms with Gasteiger partial charge in [-0.1, -0.05) is 42.0 Å². The molecule has 1 aliphatic rings. The molecule has 1 saturated heterocycles. The normalized spacial score (nSPS) is 14.2. The zero-order valence-electron chi connectivity index (χ0n) is 23.8. The Balaban J connectivity index is 1.34. The third-order valence-corrected chi connectivity index (χ3v) is 7.90. The highest BCUT2D eigenvalue weighted by molar-refractivity contribution is 5.94. The average Bonchev–Trinajstić information content (AvgIpc) is 3.38. The van der Waals surface area contributed by atoms with Gasteiger partial charge in [-0.05, 0) is 54.4 Å². The first-order valence-corrected chi connectivity index (χ1v) is 14.1. The van der Waals surface area contributed by atoms with E-state index in [9.17, 15) is 28.1 Å². The molecule has 3 aromatic carbocycles. The number of nitrogens with zero attached hydrogens (tertiary/aromatic N) is 5. The smallest absolute Gasteiger partial charge is 0.336 e. The van der Waals surface area contributed by atoms with Crippen LogP contribution >= 0.6 is 0 Å². The van der Waals surface area contributed by atoms with Crippen molar-refractivity contribution in [3.05, 3.63) is 124 Å². The molecular formula is C33H28F3N5O3. The molecule has 0 unspecified atom stereocenters. The first-order valence-electron chi connectivity index (χ1n) is 14.1. The highest BCUT2D eigenvalue weighted by atomic mass is 19.4. The Kier molecular flexibility index (Phi) is 7.64. The van der Waals surface area contributed by atoms with Crippen molar-refractivity contribution in [2.24, 2.45) is 0 Å². The lowest BCUT2D eigenvalue weighted by atomic mass is 10.0. The van der Waals surface area contributed by atoms with Gasteiger partial charge in [0.15, 0.2) is 0 Å². The summed E-state index contributed by atoms with van der Waals surface area (Å²) in [7, 11) is 0. The number of non-ortho nitro benzene ring substituents is 1. The second-order valence-electron chi connectivity index (χ2n) is 10.9. The minimum Gasteiger partial charge on any atom is -0.336 e. The zero-order chi connectivity index (χ0) is 31.0. The van der Waals surface area contributed by atoms with Crippen molar-refractivity contribution in [3.8, 4) is 22.4 Å². The molecule has 11 heteroatoms. The minimum atomic E-state index is -4.47. The molecule has 3 heterocycles. The van der Waals surface area contributed by atoms with Crippen molar-refractivity contribution in [3.63, 3.8) is 0 Å². The molecule has 1 amide bonds. The van der Waals surface area contributed by atoms with Crippen molar-refractivity contribution in [2.75, 3.05) is 26.2 Å². The van der Waals surface area contributed by atoms with Crippen molar-refractivity contribution >= 4 is 17.2 Å². The third-order valence-electron chi connectivity index (χ3n) is 7.90. The Morgan fingerprint density at radius 2 is 1.59 bits per heavy atom. The molecule has 44 heavy (non-hydrogen) atoms. The van der Waals surface area contributed by atoms with Crippen LogP contribution in [0.5, 0.6) is 0 Å². The number of amides is 1. The van der Waals surface area contributed by atoms with Crippen LogP contribution in [-0.4, -0.2) is 56.2 Å². The molecule has 224 valence electrons. The molecule has 0 bridgehead atoms. The summed E-state index contributed by atoms with van der Waals surface area (Å²) in [6.45, 7) is 4.60. The van der Waals surface area contributed by atoms with E-state index in [0.717, 1.165) is 23.4 Å². The minimum absolute atomic E-state index is 0.0255. The number of hydrogen-bond acceptors (Lipinski definition) is 5. The summed E-state index contributed by atoms with van der Waals surface area (Å²) >= 11 is 0. The number of halogens is 3. The van der Waals surface area contributed by atoms with Gasteiger partial charge in [-0.15, -0.1) is 0 Å². The van der Waals surface area contributed by atoms with Gasteiger partial charge < -0.3 is 9.30 Å². The molecule has 6 rings (SSSR count). The van der Waals surface area contributed by atoms with Crippen LogP contribution in [0.1, 0.15) is 27.2 Å². The standard InChI is InChI=1S/C33H28F3N5O3/c1-22-8-10-23(11-9-22)32(42)39-16-14-38(15-17-39)21-29-31(25-5-3-7-28(19-25)41(43)44)37-30-13-12-26(20-40(29)30)24-4-2-6-27(18-24)33(34,35)36/h2-13,18-20H,14-17,21H2,1H3. The SMILES string of the molecule is Cc1ccc(C(=O)N2CCN(Cc3c(-c4cccc([N+](=O)[O-])c4)nc4ccc(-c5cccc(C(F)(F)F)c5)cn34)CC2)cc1. The van der Waals surface area contributed by atoms with Crippen LogP contribution in [0, 0.1) is 17.0 Å². The van der Waals surface area contributed by atoms with Gasteiger partial charge in [0.2, 0.25) is 0 Å². The Labute approximate surface area is 251 Å². The summed E-state index contributed by atoms with van der Waals surface area (Å²) in [4.78, 5) is 32.9. The number of nitro benzene ring substituents is 1. The number of benzene rings is 3. The topological polar surface area (TPSA) is 84.0 Å². The fourth-order valence-corrected chi connectivity index (χ4v) is 5.49. The first-order chi connectivity index (χ1) is 21.1. The quantitative estimate of drug-likeness (QED) is 0.157. The van der Waals surface area contributed by atoms with E-state index in [-0.39, 0.29) is 11.6 Å². The lowest BCUT2D eigenvalue weighted by molar-refractivity contribution is -0.384. The molecule has 0 spiro atoms. The second kappa shape index (κ2) is 11.6. The number of aryl methyl sites for hydroxylation is 1. The number of rotatable bonds is 6. The maximum absolute atomic E-state index is 13.4. The zero-order valence-corrected chi connectivity index (χ0v) is 23.8. The molecular weight excluding hydrogens is 571 g/mol. The molecule has 0 atom stereocenters. The number of imidazole rings is 1. The van der Waals surface area contributed by atoms with E-state index in [1.807, 2.05) is 40.5 Å². The van der Waals surface area contributed by atoms with E-state index in [0.29, 0.717) is 66.3 Å². The van der Waals surface area contributed by atoms with Crippen LogP contribution in [0.4, 0.5) is 18.9 Å². The molecule has 0 aliphatic carbocycles. The summed E-state index contributed by atoms with van der Waals surface area (Å²) in [5.41, 5.74) is 4.30. The van der Waals surface area contributed by atoms with Gasteiger partial charge in [-0.2, -0.15) is 13.2 Å². The Morgan fingerprint density at radius 1 is 0.886 bits per heavy atom. The van der Waals surface area contributed by atoms with Crippen molar-refractivity contribution < 1.29 is 22.9 Å². The molecule has 0 radical (unpaired) electrons. The first kappa shape index (κ1) is 29.1. The summed E-state index contributed by atoms with van der Waals surface area (Å²) in [6, 6.07) is 22.3. The molecule has 1 aliphatic heterocycles. The van der Waals surface area contributed by atoms with Crippen LogP contribution in [-0.2, 0) is 12.7 Å². The van der Waals surface area contributed by atoms with Gasteiger partial charge in [-0.3, -0.25) is 19.8 Å². The van der Waals surface area contributed by atoms with Gasteiger partial charge in [-0.25, -0.2) is 4.98 Å². The Hall–Kier alpha value is -5.03. The number of carbonyl (C=O) groups is 1. The predicted octanol–water partition coefficient (Wildman–Crippen LogP) is 6.86. The third kappa shape index (κ3) is 5.91. The van der Waals surface area contributed by atoms with Gasteiger partial charge in [0.25, 0.3) is 11.6 Å². The van der Waals surface area contributed by atoms with Gasteiger partial charge in [0.05, 0.1) is 21.9 Å². The van der Waals surface area contributed by atoms with Gasteiger partial charge >= 0.3 is 6.18 Å². The molecule has 0 saturated carbocycles. The fraction of sp³-hybridized carbons (Fsp3) is 0.212. The summed E-state index contributed by atoms with van der Waals surface area (Å²) in [5, 5.41) is 11.5. The van der Waals surface area contributed by atoms with Crippen molar-refractivity contribution in [1.82, 2.24) is 19.2 Å². The van der Waals surface area contributed by atoms with E-state index in [1.54, 1.807) is 36.5 Å². The molecule has 0 N–H and O–H groups in total. The maximum Gasteiger partial charge on any atom is 0.416 e. The lowest BCUT2D eigenvalue weighted by Crippen LogP contribution is -2.48. The van der Waals surface area contributed by atoms with E-state index in [2.05, 4.69) is 4.90 Å². The highest BCUT2D eigenvalue weighted by Gasteiger charge is 2.30. The summed E-state index contributed by atoms with van der Waals surface area (Å²) < 4.78 is 42.2. The number of hydrogen-bond donors (Lipinski definition) is 0. The Morgan fingerprint density at radius 3 is 2.30 bits per heavy atom. The number of nitro groups is 1. The van der Waals surface area contributed by atoms with E-state index in [4.69, 9.17) is 4.98 Å². The lowest BCUT2D eigenvalue weighted by Gasteiger charge is -2.34. The molecule has 1 fully saturated rings. The van der Waals surface area contributed by atoms with Gasteiger partial charge in [0.1, 0.15) is 5.65 Å². The van der Waals surface area contributed by atoms with E-state index < -0.39 is 16.7 Å². The number of piperazine rings is 1. The predicted molar refractivity (Wildman–Crippen MR) is 160 cm³/mol. The van der Waals surface area contributed by atoms with Crippen LogP contribution in [0.2, 0.25) is 0 Å². The molecule has 8 nitrogen and oxygen atoms in total. The maximum atomic E-state index is 13.4. The average molecular weight is 600 g/mol. The summed E-state index contributed by atoms with van der Waals surface area (Å²) in [6.07, 6.45) is -2.72. The molecule has 2 aromatic heterocycles. The number of alkyl halides is 3. The van der Waals surface area contributed by atoms with Crippen LogP contribution in [0.3, 0.4) is 0 Å². The number of pyridine rings is 1. The largest absolute Gasteiger partial charge is 0.416 e. The fourth-order valence-electron chi connectivity index (χ4n) is 5.49. The molecule has 5 aromatic rings. The van der Waals surface area contributed by atoms with Crippen LogP contribution < -0.4 is 0 Å². The van der Waals surface area contributed by atoms with E-state index >= 15 is 0 Å². The van der Waals surface area contributed by atoms with Crippen LogP contribution in [0.15, 0.2) is 91.1 Å². The van der Waals surface area contributed by atoms with Crippen molar-refractivity contribution in [2.45, 2.75) is 19.6 Å². The van der Waals surface area contributed by atoms with Crippen molar-refractivity contribution in [1.29, 1.82) is 0 Å². The highest BCUT2D eigenvalue weighted by Crippen LogP contribution is 2.34. The second-order valence-corrected chi connectivity index (χ2v) is 10.9. The summed E-state index contributed by atoms with van der Waals surface area (Å²) in [5.74, 6) is -0.0255. The van der Waals surface area contributed by atoms with E-state index in [1.165, 1.54) is 18.2 Å².